The van der Waals surface area contributed by atoms with Crippen molar-refractivity contribution in [2.45, 2.75) is 33.1 Å². The summed E-state index contributed by atoms with van der Waals surface area (Å²) in [5.74, 6) is 0.690. The largest absolute Gasteiger partial charge is 0.487 e. The van der Waals surface area contributed by atoms with E-state index in [9.17, 15) is 18.0 Å². The van der Waals surface area contributed by atoms with Gasteiger partial charge in [0.2, 0.25) is 11.8 Å². The van der Waals surface area contributed by atoms with Crippen molar-refractivity contribution < 1.29 is 31.9 Å². The van der Waals surface area contributed by atoms with Gasteiger partial charge < -0.3 is 18.8 Å². The van der Waals surface area contributed by atoms with Gasteiger partial charge in [0, 0.05) is 24.8 Å². The second kappa shape index (κ2) is 12.0. The van der Waals surface area contributed by atoms with Crippen LogP contribution in [0.1, 0.15) is 29.6 Å². The minimum Gasteiger partial charge on any atom is -0.487 e. The highest BCUT2D eigenvalue weighted by Gasteiger charge is 2.40. The molecule has 2 aromatic carbocycles. The van der Waals surface area contributed by atoms with Crippen LogP contribution in [0.5, 0.6) is 5.75 Å². The van der Waals surface area contributed by atoms with Gasteiger partial charge in [-0.05, 0) is 62.1 Å². The van der Waals surface area contributed by atoms with Crippen molar-refractivity contribution in [2.24, 2.45) is 11.8 Å². The first-order valence-electron chi connectivity index (χ1n) is 13.3. The van der Waals surface area contributed by atoms with Crippen LogP contribution in [-0.2, 0) is 28.7 Å². The molecular formula is C30H29F3N4O4. The quantitative estimate of drug-likeness (QED) is 0.232. The molecule has 1 aliphatic rings. The number of nitrogens with zero attached hydrogens (tertiary/aromatic N) is 4. The Hall–Kier alpha value is -4.41. The van der Waals surface area contributed by atoms with E-state index in [1.54, 1.807) is 11.8 Å². The van der Waals surface area contributed by atoms with Crippen LogP contribution in [0.25, 0.3) is 11.5 Å². The fraction of sp³-hybridized carbons (Fsp3) is 0.333. The van der Waals surface area contributed by atoms with Crippen LogP contribution < -0.4 is 9.64 Å². The molecule has 5 rings (SSSR count). The number of carbonyl (C=O) groups is 1. The first-order chi connectivity index (χ1) is 19.7. The van der Waals surface area contributed by atoms with E-state index in [2.05, 4.69) is 15.0 Å². The predicted molar refractivity (Wildman–Crippen MR) is 144 cm³/mol. The summed E-state index contributed by atoms with van der Waals surface area (Å²) in [7, 11) is 0. The number of aryl methyl sites for hydroxylation is 1. The Morgan fingerprint density at radius 3 is 2.51 bits per heavy atom. The predicted octanol–water partition coefficient (Wildman–Crippen LogP) is 5.90. The molecule has 1 saturated heterocycles. The summed E-state index contributed by atoms with van der Waals surface area (Å²) in [4.78, 5) is 26.6. The number of hydrogen-bond acceptors (Lipinski definition) is 8. The highest BCUT2D eigenvalue weighted by atomic mass is 19.4. The molecule has 0 unspecified atom stereocenters. The maximum absolute atomic E-state index is 13.2. The fourth-order valence-electron chi connectivity index (χ4n) is 4.86. The minimum atomic E-state index is -4.59. The molecular weight excluding hydrogens is 537 g/mol. The summed E-state index contributed by atoms with van der Waals surface area (Å²) in [5.41, 5.74) is 1.52. The monoisotopic (exact) mass is 566 g/mol. The molecule has 8 nitrogen and oxygen atoms in total. The third-order valence-corrected chi connectivity index (χ3v) is 6.96. The Bertz CT molecular complexity index is 1480. The number of ether oxygens (including phenoxy) is 2. The molecule has 0 saturated carbocycles. The lowest BCUT2D eigenvalue weighted by Gasteiger charge is -2.17. The summed E-state index contributed by atoms with van der Waals surface area (Å²) in [6.07, 6.45) is -2.99. The number of rotatable bonds is 9. The highest BCUT2D eigenvalue weighted by molar-refractivity contribution is 5.74. The molecule has 1 fully saturated rings. The Labute approximate surface area is 235 Å². The highest BCUT2D eigenvalue weighted by Crippen LogP contribution is 2.33. The number of alkyl halides is 3. The average molecular weight is 567 g/mol. The maximum Gasteiger partial charge on any atom is 0.433 e. The smallest absolute Gasteiger partial charge is 0.433 e. The van der Waals surface area contributed by atoms with Gasteiger partial charge in [-0.1, -0.05) is 30.3 Å². The molecule has 11 heteroatoms. The zero-order chi connectivity index (χ0) is 29.0. The molecule has 1 aliphatic heterocycles. The van der Waals surface area contributed by atoms with E-state index in [-0.39, 0.29) is 37.6 Å². The van der Waals surface area contributed by atoms with Gasteiger partial charge >= 0.3 is 12.1 Å². The normalized spacial score (nSPS) is 17.0. The molecule has 0 aliphatic carbocycles. The van der Waals surface area contributed by atoms with Crippen LogP contribution in [0.15, 0.2) is 71.3 Å². The molecule has 3 heterocycles. The van der Waals surface area contributed by atoms with Crippen LogP contribution in [0.3, 0.4) is 0 Å². The van der Waals surface area contributed by atoms with Gasteiger partial charge in [0.1, 0.15) is 29.5 Å². The zero-order valence-electron chi connectivity index (χ0n) is 22.6. The van der Waals surface area contributed by atoms with Gasteiger partial charge in [-0.25, -0.2) is 15.0 Å². The van der Waals surface area contributed by atoms with Gasteiger partial charge in [0.05, 0.1) is 12.5 Å². The second-order valence-electron chi connectivity index (χ2n) is 9.79. The molecule has 0 N–H and O–H groups in total. The summed E-state index contributed by atoms with van der Waals surface area (Å²) in [6.45, 7) is 4.51. The summed E-state index contributed by atoms with van der Waals surface area (Å²) >= 11 is 0. The molecule has 4 aromatic rings. The lowest BCUT2D eigenvalue weighted by Crippen LogP contribution is -2.27. The Morgan fingerprint density at radius 2 is 1.80 bits per heavy atom. The lowest BCUT2D eigenvalue weighted by atomic mass is 9.90. The van der Waals surface area contributed by atoms with Crippen molar-refractivity contribution in [3.8, 4) is 17.2 Å². The van der Waals surface area contributed by atoms with Crippen LogP contribution >= 0.6 is 0 Å². The number of esters is 1. The standard InChI is InChI=1S/C30H29F3N4O4/c1-3-39-28(38)24-17-37(29-34-14-13-26(36-29)30(31,32)33)16-22(24)15-20-9-11-23(12-10-20)40-18-25-19(2)41-27(35-25)21-7-5-4-6-8-21/h4-14,22,24H,3,15-18H2,1-2H3/t22-,24+/m1/s1. The molecule has 0 spiro atoms. The third-order valence-electron chi connectivity index (χ3n) is 6.96. The van der Waals surface area contributed by atoms with Crippen molar-refractivity contribution in [3.63, 3.8) is 0 Å². The van der Waals surface area contributed by atoms with E-state index < -0.39 is 17.8 Å². The van der Waals surface area contributed by atoms with Gasteiger partial charge in [-0.3, -0.25) is 4.79 Å². The molecule has 0 amide bonds. The molecule has 41 heavy (non-hydrogen) atoms. The number of hydrogen-bond donors (Lipinski definition) is 0. The zero-order valence-corrected chi connectivity index (χ0v) is 22.6. The van der Waals surface area contributed by atoms with Gasteiger partial charge in [-0.15, -0.1) is 0 Å². The third kappa shape index (κ3) is 6.67. The van der Waals surface area contributed by atoms with Crippen molar-refractivity contribution in [3.05, 3.63) is 89.6 Å². The topological polar surface area (TPSA) is 90.6 Å². The van der Waals surface area contributed by atoms with Crippen molar-refractivity contribution in [2.75, 3.05) is 24.6 Å². The number of aromatic nitrogens is 3. The lowest BCUT2D eigenvalue weighted by molar-refractivity contribution is -0.148. The first-order valence-corrected chi connectivity index (χ1v) is 13.3. The van der Waals surface area contributed by atoms with Gasteiger partial charge in [-0.2, -0.15) is 13.2 Å². The SMILES string of the molecule is CCOC(=O)[C@H]1CN(c2nccc(C(F)(F)F)n2)C[C@H]1Cc1ccc(OCc2nc(-c3ccccc3)oc2C)cc1. The van der Waals surface area contributed by atoms with Gasteiger partial charge in [0.25, 0.3) is 0 Å². The first kappa shape index (κ1) is 28.1. The van der Waals surface area contributed by atoms with Crippen molar-refractivity contribution in [1.29, 1.82) is 0 Å². The fourth-order valence-corrected chi connectivity index (χ4v) is 4.86. The van der Waals surface area contributed by atoms with Crippen molar-refractivity contribution >= 4 is 11.9 Å². The van der Waals surface area contributed by atoms with Crippen LogP contribution in [0, 0.1) is 18.8 Å². The van der Waals surface area contributed by atoms with E-state index in [4.69, 9.17) is 13.9 Å². The van der Waals surface area contributed by atoms with Crippen molar-refractivity contribution in [1.82, 2.24) is 15.0 Å². The average Bonchev–Trinajstić information content (AvgIpc) is 3.56. The Kier molecular flexibility index (Phi) is 8.23. The molecule has 0 radical (unpaired) electrons. The number of oxazole rings is 1. The van der Waals surface area contributed by atoms with Crippen LogP contribution in [-0.4, -0.2) is 40.6 Å². The Morgan fingerprint density at radius 1 is 1.05 bits per heavy atom. The van der Waals surface area contributed by atoms with Crippen LogP contribution in [0.4, 0.5) is 19.1 Å². The second-order valence-corrected chi connectivity index (χ2v) is 9.79. The summed E-state index contributed by atoms with van der Waals surface area (Å²) < 4.78 is 56.6. The molecule has 214 valence electrons. The van der Waals surface area contributed by atoms with E-state index in [1.165, 1.54) is 0 Å². The number of halogens is 3. The van der Waals surface area contributed by atoms with E-state index >= 15 is 0 Å². The molecule has 2 atom stereocenters. The Balaban J connectivity index is 1.24. The maximum atomic E-state index is 13.2. The number of benzene rings is 2. The molecule has 0 bridgehead atoms. The van der Waals surface area contributed by atoms with E-state index in [1.807, 2.05) is 61.5 Å². The molecule has 2 aromatic heterocycles. The van der Waals surface area contributed by atoms with Gasteiger partial charge in [0.15, 0.2) is 0 Å². The summed E-state index contributed by atoms with van der Waals surface area (Å²) in [5, 5.41) is 0. The van der Waals surface area contributed by atoms with E-state index in [0.717, 1.165) is 23.4 Å². The summed E-state index contributed by atoms with van der Waals surface area (Å²) in [6, 6.07) is 17.9. The minimum absolute atomic E-state index is 0.0565. The number of anilines is 1. The van der Waals surface area contributed by atoms with E-state index in [0.29, 0.717) is 36.1 Å². The van der Waals surface area contributed by atoms with Crippen LogP contribution in [0.2, 0.25) is 0 Å². The number of carbonyl (C=O) groups excluding carboxylic acids is 1.